The van der Waals surface area contributed by atoms with Gasteiger partial charge in [0.05, 0.1) is 44.4 Å². The molecule has 0 aromatic carbocycles. The molecule has 0 aromatic heterocycles. The minimum Gasteiger partial charge on any atom is -0.480 e. The summed E-state index contributed by atoms with van der Waals surface area (Å²) in [5, 5.41) is 49.3. The molecular formula is C24H40N8O12. The normalized spacial score (nSPS) is 18.4. The molecular weight excluding hydrogens is 592 g/mol. The van der Waals surface area contributed by atoms with Gasteiger partial charge in [0, 0.05) is 6.54 Å². The molecule has 0 radical (unpaired) electrons. The summed E-state index contributed by atoms with van der Waals surface area (Å²) in [6.07, 6.45) is -2.77. The topological polar surface area (TPSA) is 333 Å². The number of aliphatic hydroxyl groups excluding tert-OH is 3. The SMILES string of the molecule is C[C@@H](O)[C@H](NC(=O)[C@@H](N)CC(N)=O)C(=O)NCC(=O)N[C@@H](CO)C(=O)NCC(=O)N[C@H](C(=O)N1CCC[C@H]1C(=O)O)[C@@H](C)O. The number of carbonyl (C=O) groups is 8. The molecule has 13 N–H and O–H groups in total. The average molecular weight is 633 g/mol. The Bertz CT molecular complexity index is 1100. The van der Waals surface area contributed by atoms with Crippen LogP contribution in [0.3, 0.4) is 0 Å². The molecule has 1 fully saturated rings. The van der Waals surface area contributed by atoms with Crippen molar-refractivity contribution in [3.8, 4) is 0 Å². The van der Waals surface area contributed by atoms with Crippen LogP contribution in [0.5, 0.6) is 0 Å². The van der Waals surface area contributed by atoms with E-state index in [4.69, 9.17) is 11.5 Å². The van der Waals surface area contributed by atoms with Gasteiger partial charge >= 0.3 is 5.97 Å². The van der Waals surface area contributed by atoms with Crippen LogP contribution in [0.15, 0.2) is 0 Å². The fourth-order valence-corrected chi connectivity index (χ4v) is 4.06. The first kappa shape index (κ1) is 37.6. The van der Waals surface area contributed by atoms with Crippen LogP contribution in [0.1, 0.15) is 33.1 Å². The number of hydrogen-bond donors (Lipinski definition) is 11. The van der Waals surface area contributed by atoms with Crippen LogP contribution in [-0.4, -0.2) is 141 Å². The molecule has 1 heterocycles. The highest BCUT2D eigenvalue weighted by atomic mass is 16.4. The summed E-state index contributed by atoms with van der Waals surface area (Å²) in [5.74, 6) is -7.90. The number of nitrogens with two attached hydrogens (primary N) is 2. The Labute approximate surface area is 251 Å². The number of carboxylic acids is 1. The monoisotopic (exact) mass is 632 g/mol. The van der Waals surface area contributed by atoms with Crippen LogP contribution in [0, 0.1) is 0 Å². The van der Waals surface area contributed by atoms with Crippen molar-refractivity contribution in [3.63, 3.8) is 0 Å². The lowest BCUT2D eigenvalue weighted by Gasteiger charge is -2.28. The molecule has 20 heteroatoms. The van der Waals surface area contributed by atoms with Crippen molar-refractivity contribution in [2.45, 2.75) is 75.5 Å². The van der Waals surface area contributed by atoms with Crippen molar-refractivity contribution in [1.82, 2.24) is 31.5 Å². The third-order valence-corrected chi connectivity index (χ3v) is 6.39. The number of aliphatic hydroxyl groups is 3. The van der Waals surface area contributed by atoms with Crippen molar-refractivity contribution in [3.05, 3.63) is 0 Å². The van der Waals surface area contributed by atoms with Crippen LogP contribution in [0.25, 0.3) is 0 Å². The molecule has 248 valence electrons. The molecule has 44 heavy (non-hydrogen) atoms. The number of aliphatic carboxylic acids is 1. The van der Waals surface area contributed by atoms with E-state index in [1.54, 1.807) is 0 Å². The van der Waals surface area contributed by atoms with E-state index in [-0.39, 0.29) is 13.0 Å². The van der Waals surface area contributed by atoms with E-state index in [9.17, 15) is 58.8 Å². The standard InChI is InChI=1S/C24H40N8O12/c1-10(34)18(31-20(39)12(25)6-15(26)36)22(41)28-7-16(37)29-13(9-33)21(40)27-8-17(38)30-19(11(2)35)23(42)32-5-3-4-14(32)24(43)44/h10-14,18-19,33-35H,3-9,25H2,1-2H3,(H2,26,36)(H,27,40)(H,28,41)(H,29,37)(H,30,38)(H,31,39)(H,43,44)/t10-,11-,12+,13+,14+,18+,19+/m1/s1. The van der Waals surface area contributed by atoms with E-state index in [1.807, 2.05) is 0 Å². The minimum absolute atomic E-state index is 0.114. The summed E-state index contributed by atoms with van der Waals surface area (Å²) in [5.41, 5.74) is 10.5. The Balaban J connectivity index is 2.65. The second-order valence-electron chi connectivity index (χ2n) is 10.1. The summed E-state index contributed by atoms with van der Waals surface area (Å²) in [4.78, 5) is 97.7. The number of amides is 7. The van der Waals surface area contributed by atoms with Gasteiger partial charge in [0.1, 0.15) is 24.2 Å². The van der Waals surface area contributed by atoms with E-state index < -0.39 is 116 Å². The zero-order valence-electron chi connectivity index (χ0n) is 24.1. The van der Waals surface area contributed by atoms with Crippen LogP contribution in [-0.2, 0) is 38.4 Å². The summed E-state index contributed by atoms with van der Waals surface area (Å²) in [6.45, 7) is 0.0155. The fourth-order valence-electron chi connectivity index (χ4n) is 4.06. The predicted molar refractivity (Wildman–Crippen MR) is 146 cm³/mol. The molecule has 1 aliphatic rings. The van der Waals surface area contributed by atoms with Gasteiger partial charge in [-0.3, -0.25) is 33.6 Å². The Morgan fingerprint density at radius 1 is 0.841 bits per heavy atom. The molecule has 7 amide bonds. The molecule has 1 aliphatic heterocycles. The third-order valence-electron chi connectivity index (χ3n) is 6.39. The smallest absolute Gasteiger partial charge is 0.326 e. The van der Waals surface area contributed by atoms with Gasteiger partial charge in [-0.15, -0.1) is 0 Å². The Morgan fingerprint density at radius 3 is 1.89 bits per heavy atom. The summed E-state index contributed by atoms with van der Waals surface area (Å²) in [7, 11) is 0. The summed E-state index contributed by atoms with van der Waals surface area (Å²) >= 11 is 0. The Morgan fingerprint density at radius 2 is 1.39 bits per heavy atom. The number of carboxylic acid groups (broad SMARTS) is 1. The van der Waals surface area contributed by atoms with Crippen molar-refractivity contribution in [2.75, 3.05) is 26.2 Å². The molecule has 20 nitrogen and oxygen atoms in total. The number of rotatable bonds is 17. The Hall–Kier alpha value is -4.40. The maximum Gasteiger partial charge on any atom is 0.326 e. The van der Waals surface area contributed by atoms with E-state index in [2.05, 4.69) is 26.6 Å². The van der Waals surface area contributed by atoms with Gasteiger partial charge in [-0.25, -0.2) is 4.79 Å². The predicted octanol–water partition coefficient (Wildman–Crippen LogP) is -7.29. The van der Waals surface area contributed by atoms with Crippen LogP contribution in [0.4, 0.5) is 0 Å². The molecule has 0 aliphatic carbocycles. The number of nitrogens with one attached hydrogen (secondary N) is 5. The van der Waals surface area contributed by atoms with Crippen molar-refractivity contribution >= 4 is 47.3 Å². The van der Waals surface area contributed by atoms with Gasteiger partial charge in [0.25, 0.3) is 0 Å². The molecule has 7 atom stereocenters. The van der Waals surface area contributed by atoms with E-state index in [0.29, 0.717) is 6.42 Å². The van der Waals surface area contributed by atoms with E-state index >= 15 is 0 Å². The molecule has 0 bridgehead atoms. The second-order valence-corrected chi connectivity index (χ2v) is 10.1. The van der Waals surface area contributed by atoms with Crippen molar-refractivity contribution in [1.29, 1.82) is 0 Å². The molecule has 0 unspecified atom stereocenters. The summed E-state index contributed by atoms with van der Waals surface area (Å²) in [6, 6.07) is -7.19. The van der Waals surface area contributed by atoms with Crippen molar-refractivity contribution in [2.24, 2.45) is 11.5 Å². The first-order chi connectivity index (χ1) is 20.5. The highest BCUT2D eigenvalue weighted by Crippen LogP contribution is 2.19. The van der Waals surface area contributed by atoms with Crippen LogP contribution < -0.4 is 38.1 Å². The highest BCUT2D eigenvalue weighted by molar-refractivity contribution is 5.96. The number of hydrogen-bond acceptors (Lipinski definition) is 12. The number of carbonyl (C=O) groups excluding carboxylic acids is 7. The zero-order chi connectivity index (χ0) is 33.7. The molecule has 1 saturated heterocycles. The molecule has 1 rings (SSSR count). The van der Waals surface area contributed by atoms with Gasteiger partial charge in [-0.2, -0.15) is 0 Å². The fraction of sp³-hybridized carbons (Fsp3) is 0.667. The lowest BCUT2D eigenvalue weighted by Crippen LogP contribution is -2.58. The average Bonchev–Trinajstić information content (AvgIpc) is 3.44. The molecule has 0 saturated carbocycles. The number of likely N-dealkylation sites (tertiary alicyclic amines) is 1. The zero-order valence-corrected chi connectivity index (χ0v) is 24.1. The third kappa shape index (κ3) is 11.7. The summed E-state index contributed by atoms with van der Waals surface area (Å²) < 4.78 is 0. The Kier molecular flexibility index (Phi) is 15.1. The van der Waals surface area contributed by atoms with E-state index in [1.165, 1.54) is 6.92 Å². The quantitative estimate of drug-likeness (QED) is 0.0711. The first-order valence-corrected chi connectivity index (χ1v) is 13.5. The second kappa shape index (κ2) is 17.7. The minimum atomic E-state index is -1.60. The lowest BCUT2D eigenvalue weighted by atomic mass is 10.1. The van der Waals surface area contributed by atoms with Crippen LogP contribution >= 0.6 is 0 Å². The lowest BCUT2D eigenvalue weighted by molar-refractivity contribution is -0.150. The van der Waals surface area contributed by atoms with Gasteiger partial charge in [0.15, 0.2) is 0 Å². The first-order valence-electron chi connectivity index (χ1n) is 13.5. The maximum atomic E-state index is 12.8. The van der Waals surface area contributed by atoms with Gasteiger partial charge in [-0.1, -0.05) is 0 Å². The van der Waals surface area contributed by atoms with Gasteiger partial charge in [-0.05, 0) is 26.7 Å². The van der Waals surface area contributed by atoms with Gasteiger partial charge in [0.2, 0.25) is 41.4 Å². The van der Waals surface area contributed by atoms with Crippen molar-refractivity contribution < 1.29 is 58.8 Å². The largest absolute Gasteiger partial charge is 0.480 e. The number of nitrogens with zero attached hydrogens (tertiary/aromatic N) is 1. The van der Waals surface area contributed by atoms with Crippen LogP contribution in [0.2, 0.25) is 0 Å². The highest BCUT2D eigenvalue weighted by Gasteiger charge is 2.39. The van der Waals surface area contributed by atoms with E-state index in [0.717, 1.165) is 11.8 Å². The molecule has 0 aromatic rings. The molecule has 0 spiro atoms. The maximum absolute atomic E-state index is 12.8. The number of primary amides is 1. The van der Waals surface area contributed by atoms with Gasteiger partial charge < -0.3 is 63.4 Å².